The Balaban J connectivity index is 3.07. The first kappa shape index (κ1) is 10.2. The third-order valence-corrected chi connectivity index (χ3v) is 2.04. The smallest absolute Gasteiger partial charge is 0.298 e. The van der Waals surface area contributed by atoms with Crippen molar-refractivity contribution >= 4 is 6.29 Å². The van der Waals surface area contributed by atoms with Crippen molar-refractivity contribution in [3.8, 4) is 0 Å². The summed E-state index contributed by atoms with van der Waals surface area (Å²) < 4.78 is 49.3. The lowest BCUT2D eigenvalue weighted by Crippen LogP contribution is -2.23. The zero-order chi connectivity index (χ0) is 10.1. The molecule has 0 saturated heterocycles. The molecular weight excluding hydrogens is 188 g/mol. The number of aldehydes is 1. The van der Waals surface area contributed by atoms with Crippen molar-refractivity contribution in [1.82, 2.24) is 0 Å². The van der Waals surface area contributed by atoms with Crippen LogP contribution in [-0.4, -0.2) is 18.6 Å². The van der Waals surface area contributed by atoms with Crippen LogP contribution in [0.5, 0.6) is 0 Å². The van der Waals surface area contributed by atoms with Crippen LogP contribution < -0.4 is 0 Å². The van der Waals surface area contributed by atoms with Gasteiger partial charge in [-0.05, 0) is 19.3 Å². The SMILES string of the molecule is O=CC1=C(C(F)(F)F)CCCC1F. The van der Waals surface area contributed by atoms with Gasteiger partial charge in [0.15, 0.2) is 0 Å². The Morgan fingerprint density at radius 2 is 2.00 bits per heavy atom. The Morgan fingerprint density at radius 3 is 2.38 bits per heavy atom. The minimum atomic E-state index is -4.57. The molecule has 0 aromatic rings. The first-order valence-electron chi connectivity index (χ1n) is 3.86. The van der Waals surface area contributed by atoms with Gasteiger partial charge in [0.2, 0.25) is 0 Å². The second kappa shape index (κ2) is 3.47. The minimum absolute atomic E-state index is 0.00759. The molecule has 13 heavy (non-hydrogen) atoms. The number of halogens is 4. The van der Waals surface area contributed by atoms with Crippen molar-refractivity contribution in [2.24, 2.45) is 0 Å². The molecule has 1 rings (SSSR count). The molecule has 0 radical (unpaired) electrons. The first-order chi connectivity index (χ1) is 5.96. The third kappa shape index (κ3) is 2.08. The molecule has 5 heteroatoms. The quantitative estimate of drug-likeness (QED) is 0.465. The minimum Gasteiger partial charge on any atom is -0.298 e. The molecule has 1 atom stereocenters. The summed E-state index contributed by atoms with van der Waals surface area (Å²) in [6, 6.07) is 0. The summed E-state index contributed by atoms with van der Waals surface area (Å²) in [7, 11) is 0. The van der Waals surface area contributed by atoms with Crippen LogP contribution in [0.15, 0.2) is 11.1 Å². The van der Waals surface area contributed by atoms with Gasteiger partial charge >= 0.3 is 6.18 Å². The summed E-state index contributed by atoms with van der Waals surface area (Å²) in [5.74, 6) is 0. The number of carbonyl (C=O) groups is 1. The van der Waals surface area contributed by atoms with E-state index < -0.39 is 23.5 Å². The summed E-state index contributed by atoms with van der Waals surface area (Å²) in [5.41, 5.74) is -1.72. The molecule has 0 aliphatic heterocycles. The van der Waals surface area contributed by atoms with Gasteiger partial charge in [0, 0.05) is 11.1 Å². The molecule has 0 aromatic heterocycles. The van der Waals surface area contributed by atoms with Gasteiger partial charge in [0.25, 0.3) is 0 Å². The molecule has 0 aromatic carbocycles. The molecule has 1 unspecified atom stereocenters. The lowest BCUT2D eigenvalue weighted by molar-refractivity contribution is -0.110. The molecule has 0 spiro atoms. The Hall–Kier alpha value is -0.870. The maximum atomic E-state index is 12.8. The second-order valence-corrected chi connectivity index (χ2v) is 2.91. The summed E-state index contributed by atoms with van der Waals surface area (Å²) in [5, 5.41) is 0. The highest BCUT2D eigenvalue weighted by Gasteiger charge is 2.39. The van der Waals surface area contributed by atoms with Crippen LogP contribution in [0.4, 0.5) is 17.6 Å². The van der Waals surface area contributed by atoms with E-state index >= 15 is 0 Å². The highest BCUT2D eigenvalue weighted by molar-refractivity contribution is 5.77. The van der Waals surface area contributed by atoms with Crippen molar-refractivity contribution in [2.75, 3.05) is 0 Å². The van der Waals surface area contributed by atoms with Crippen LogP contribution in [0.3, 0.4) is 0 Å². The van der Waals surface area contributed by atoms with E-state index in [1.165, 1.54) is 0 Å². The van der Waals surface area contributed by atoms with Gasteiger partial charge in [-0.2, -0.15) is 13.2 Å². The van der Waals surface area contributed by atoms with E-state index in [9.17, 15) is 22.4 Å². The average molecular weight is 196 g/mol. The van der Waals surface area contributed by atoms with Gasteiger partial charge in [-0.25, -0.2) is 4.39 Å². The zero-order valence-electron chi connectivity index (χ0n) is 6.70. The highest BCUT2D eigenvalue weighted by Crippen LogP contribution is 2.37. The van der Waals surface area contributed by atoms with Crippen LogP contribution in [0.1, 0.15) is 19.3 Å². The van der Waals surface area contributed by atoms with Gasteiger partial charge in [-0.3, -0.25) is 4.79 Å². The van der Waals surface area contributed by atoms with E-state index in [-0.39, 0.29) is 25.5 Å². The Bertz CT molecular complexity index is 241. The summed E-state index contributed by atoms with van der Waals surface area (Å²) >= 11 is 0. The maximum absolute atomic E-state index is 12.8. The van der Waals surface area contributed by atoms with Crippen LogP contribution in [0.2, 0.25) is 0 Å². The Morgan fingerprint density at radius 1 is 1.38 bits per heavy atom. The lowest BCUT2D eigenvalue weighted by Gasteiger charge is -2.21. The van der Waals surface area contributed by atoms with Crippen LogP contribution in [0, 0.1) is 0 Å². The normalized spacial score (nSPS) is 24.8. The molecule has 1 aliphatic carbocycles. The molecule has 0 fully saturated rings. The Kier molecular flexibility index (Phi) is 2.73. The van der Waals surface area contributed by atoms with E-state index in [2.05, 4.69) is 0 Å². The van der Waals surface area contributed by atoms with E-state index in [0.717, 1.165) is 0 Å². The fraction of sp³-hybridized carbons (Fsp3) is 0.625. The van der Waals surface area contributed by atoms with Gasteiger partial charge in [0.1, 0.15) is 12.5 Å². The highest BCUT2D eigenvalue weighted by atomic mass is 19.4. The summed E-state index contributed by atoms with van der Waals surface area (Å²) in [6.07, 6.45) is -6.44. The van der Waals surface area contributed by atoms with Crippen molar-refractivity contribution < 1.29 is 22.4 Å². The molecule has 74 valence electrons. The first-order valence-corrected chi connectivity index (χ1v) is 3.86. The van der Waals surface area contributed by atoms with Crippen molar-refractivity contribution in [1.29, 1.82) is 0 Å². The summed E-state index contributed by atoms with van der Waals surface area (Å²) in [4.78, 5) is 10.2. The molecule has 0 N–H and O–H groups in total. The molecule has 0 amide bonds. The molecular formula is C8H8F4O. The van der Waals surface area contributed by atoms with E-state index in [4.69, 9.17) is 0 Å². The fourth-order valence-corrected chi connectivity index (χ4v) is 1.40. The van der Waals surface area contributed by atoms with Crippen molar-refractivity contribution in [3.05, 3.63) is 11.1 Å². The number of hydrogen-bond donors (Lipinski definition) is 0. The third-order valence-electron chi connectivity index (χ3n) is 2.04. The number of hydrogen-bond acceptors (Lipinski definition) is 1. The number of carbonyl (C=O) groups excluding carboxylic acids is 1. The monoisotopic (exact) mass is 196 g/mol. The number of rotatable bonds is 1. The van der Waals surface area contributed by atoms with Crippen molar-refractivity contribution in [3.63, 3.8) is 0 Å². The second-order valence-electron chi connectivity index (χ2n) is 2.91. The standard InChI is InChI=1S/C8H8F4O/c9-7-3-1-2-6(5(7)4-13)8(10,11)12/h4,7H,1-3H2. The number of alkyl halides is 4. The predicted molar refractivity (Wildman–Crippen MR) is 37.9 cm³/mol. The molecule has 1 nitrogen and oxygen atoms in total. The maximum Gasteiger partial charge on any atom is 0.413 e. The van der Waals surface area contributed by atoms with E-state index in [1.54, 1.807) is 0 Å². The Labute approximate surface area is 72.4 Å². The molecule has 1 aliphatic rings. The topological polar surface area (TPSA) is 17.1 Å². The van der Waals surface area contributed by atoms with Gasteiger partial charge in [0.05, 0.1) is 0 Å². The number of allylic oxidation sites excluding steroid dienone is 2. The van der Waals surface area contributed by atoms with Gasteiger partial charge < -0.3 is 0 Å². The fourth-order valence-electron chi connectivity index (χ4n) is 1.40. The van der Waals surface area contributed by atoms with Gasteiger partial charge in [-0.15, -0.1) is 0 Å². The van der Waals surface area contributed by atoms with Crippen LogP contribution in [-0.2, 0) is 4.79 Å². The summed E-state index contributed by atoms with van der Waals surface area (Å²) in [6.45, 7) is 0. The van der Waals surface area contributed by atoms with Gasteiger partial charge in [-0.1, -0.05) is 0 Å². The lowest BCUT2D eigenvalue weighted by atomic mass is 9.91. The van der Waals surface area contributed by atoms with E-state index in [1.807, 2.05) is 0 Å². The molecule has 0 bridgehead atoms. The molecule has 0 heterocycles. The predicted octanol–water partition coefficient (Wildman–Crippen LogP) is 2.57. The zero-order valence-corrected chi connectivity index (χ0v) is 6.70. The van der Waals surface area contributed by atoms with Crippen LogP contribution in [0.25, 0.3) is 0 Å². The molecule has 0 saturated carbocycles. The van der Waals surface area contributed by atoms with E-state index in [0.29, 0.717) is 0 Å². The van der Waals surface area contributed by atoms with Crippen LogP contribution >= 0.6 is 0 Å². The van der Waals surface area contributed by atoms with Crippen molar-refractivity contribution in [2.45, 2.75) is 31.6 Å². The largest absolute Gasteiger partial charge is 0.413 e. The average Bonchev–Trinajstić information content (AvgIpc) is 2.02.